The molecule has 2 aromatic carbocycles. The Hall–Kier alpha value is -8.81. The number of rotatable bonds is 45. The van der Waals surface area contributed by atoms with Gasteiger partial charge in [-0.05, 0) is 110 Å². The van der Waals surface area contributed by atoms with Gasteiger partial charge in [0.25, 0.3) is 0 Å². The summed E-state index contributed by atoms with van der Waals surface area (Å²) in [5.74, 6) is -11.7. The molecule has 0 radical (unpaired) electrons. The Balaban J connectivity index is 1.58. The molecule has 6 atom stereocenters. The molecule has 19 N–H and O–H groups in total. The number of carbonyl (C=O) groups is 14. The summed E-state index contributed by atoms with van der Waals surface area (Å²) in [6.07, 6.45) is 1.99. The maximum atomic E-state index is 14.5. The fourth-order valence-electron chi connectivity index (χ4n) is 10.6. The van der Waals surface area contributed by atoms with E-state index in [-0.39, 0.29) is 160 Å². The number of unbranched alkanes of at least 4 members (excludes halogenated alkanes) is 5. The Morgan fingerprint density at radius 2 is 0.857 bits per heavy atom. The molecule has 0 aromatic heterocycles. The van der Waals surface area contributed by atoms with Crippen LogP contribution in [-0.4, -0.2) is 255 Å². The number of primary amides is 3. The highest BCUT2D eigenvalue weighted by Gasteiger charge is 2.33. The van der Waals surface area contributed by atoms with Crippen molar-refractivity contribution in [1.29, 1.82) is 0 Å². The van der Waals surface area contributed by atoms with E-state index < -0.39 is 127 Å². The van der Waals surface area contributed by atoms with E-state index in [0.717, 1.165) is 0 Å². The number of benzene rings is 2. The number of nitrogens with two attached hydrogens (primary N) is 3. The fraction of sp³-hybridized carbons (Fsp3) is 0.587. The van der Waals surface area contributed by atoms with Crippen LogP contribution < -0.4 is 54.4 Å². The van der Waals surface area contributed by atoms with Crippen LogP contribution in [-0.2, 0) is 75.2 Å². The van der Waals surface area contributed by atoms with Crippen LogP contribution in [0.15, 0.2) is 48.5 Å². The van der Waals surface area contributed by atoms with Crippen LogP contribution in [0.1, 0.15) is 114 Å². The van der Waals surface area contributed by atoms with Crippen LogP contribution >= 0.6 is 22.6 Å². The quantitative estimate of drug-likeness (QED) is 0.0257. The minimum absolute atomic E-state index is 0.0279. The van der Waals surface area contributed by atoms with Crippen molar-refractivity contribution in [3.05, 3.63) is 63.2 Å². The van der Waals surface area contributed by atoms with E-state index in [0.29, 0.717) is 53.2 Å². The molecule has 34 nitrogen and oxygen atoms in total. The van der Waals surface area contributed by atoms with Gasteiger partial charge in [-0.3, -0.25) is 67.5 Å². The molecule has 1 fully saturated rings. The monoisotopic (exact) mass is 1490 g/mol. The smallest absolute Gasteiger partial charge is 0.326 e. The van der Waals surface area contributed by atoms with E-state index in [2.05, 4.69) is 37.2 Å². The highest BCUT2D eigenvalue weighted by Crippen LogP contribution is 2.22. The van der Waals surface area contributed by atoms with Gasteiger partial charge in [0.1, 0.15) is 42.0 Å². The summed E-state index contributed by atoms with van der Waals surface area (Å²) < 4.78 is 0.420. The van der Waals surface area contributed by atoms with Gasteiger partial charge in [0.05, 0.1) is 23.2 Å². The fourth-order valence-corrected chi connectivity index (χ4v) is 11.2. The molecule has 0 aliphatic carbocycles. The molecule has 1 unspecified atom stereocenters. The van der Waals surface area contributed by atoms with Gasteiger partial charge in [0, 0.05) is 104 Å². The number of halogens is 1. The summed E-state index contributed by atoms with van der Waals surface area (Å²) in [4.78, 5) is 182. The molecule has 1 aliphatic rings. The molecule has 0 saturated carbocycles. The molecular formula is C63H95IN14O20. The first kappa shape index (κ1) is 83.4. The van der Waals surface area contributed by atoms with E-state index >= 15 is 0 Å². The van der Waals surface area contributed by atoms with Crippen molar-refractivity contribution in [3.8, 4) is 5.75 Å². The summed E-state index contributed by atoms with van der Waals surface area (Å²) in [6.45, 7) is 1.31. The number of carboxylic acids is 5. The predicted molar refractivity (Wildman–Crippen MR) is 360 cm³/mol. The molecular weight excluding hydrogens is 1400 g/mol. The van der Waals surface area contributed by atoms with E-state index in [9.17, 15) is 92.7 Å². The highest BCUT2D eigenvalue weighted by atomic mass is 127. The van der Waals surface area contributed by atoms with E-state index in [1.807, 2.05) is 22.6 Å². The standard InChI is InChI=1S/C63H95IN14O20/c64-42-34-41(18-21-49(42)79)36-46(70-55(85)22-20-48(62(96)97)78-32-30-76(38-51(66)81)28-26-75(37-50(65)80)27-29-77(31-33-78)39-52(67)82)57(88)72-47(35-40-12-4-3-5-13-40)58(89)71-43(59(90)91)14-8-10-24-68-53(83)16-6-1-2-7-17-54(84)69-25-11-9-15-44(60(92)93)73-63(98)74-45(61(94)95)19-23-56(86)87/h3-5,12-13,18,21,34,43-48,79H,1-2,6-11,14-17,19-20,22-33,35-39H2,(H2,65,80)(H2,66,81)(H2,67,82)(H,68,83)(H,69,84)(H,70,85)(H,71,89)(H,72,88)(H,86,87)(H,90,91)(H,92,93)(H,94,95)(H,96,97)(H2,73,74,98)/t43-,44+,45+,46?,47-,48-/m1/s1. The van der Waals surface area contributed by atoms with Crippen molar-refractivity contribution >= 4 is 106 Å². The number of nitrogens with zero attached hydrogens (tertiary/aromatic N) is 4. The minimum Gasteiger partial charge on any atom is -0.507 e. The van der Waals surface area contributed by atoms with Crippen molar-refractivity contribution in [2.24, 2.45) is 17.2 Å². The summed E-state index contributed by atoms with van der Waals surface area (Å²) in [7, 11) is 0. The topological polar surface area (TPSA) is 536 Å². The second-order valence-corrected chi connectivity index (χ2v) is 25.0. The second-order valence-electron chi connectivity index (χ2n) is 23.9. The zero-order valence-electron chi connectivity index (χ0n) is 54.8. The first-order chi connectivity index (χ1) is 46.5. The van der Waals surface area contributed by atoms with E-state index in [1.165, 1.54) is 12.1 Å². The molecule has 98 heavy (non-hydrogen) atoms. The van der Waals surface area contributed by atoms with Gasteiger partial charge >= 0.3 is 35.9 Å². The van der Waals surface area contributed by atoms with Gasteiger partial charge in [0.15, 0.2) is 0 Å². The summed E-state index contributed by atoms with van der Waals surface area (Å²) in [5.41, 5.74) is 17.7. The number of amides is 10. The average Bonchev–Trinajstić information content (AvgIpc) is 0.864. The number of phenolic OH excluding ortho intramolecular Hbond substituents is 1. The zero-order valence-corrected chi connectivity index (χ0v) is 57.0. The van der Waals surface area contributed by atoms with Crippen molar-refractivity contribution in [2.75, 3.05) is 85.1 Å². The third kappa shape index (κ3) is 35.4. The lowest BCUT2D eigenvalue weighted by atomic mass is 10.0. The molecule has 0 bridgehead atoms. The normalized spacial score (nSPS) is 15.3. The largest absolute Gasteiger partial charge is 0.507 e. The van der Waals surface area contributed by atoms with Crippen LogP contribution in [0.3, 0.4) is 0 Å². The second kappa shape index (κ2) is 45.6. The number of phenols is 1. The Bertz CT molecular complexity index is 2970. The third-order valence-corrected chi connectivity index (χ3v) is 16.8. The van der Waals surface area contributed by atoms with Crippen molar-refractivity contribution in [2.45, 2.75) is 152 Å². The van der Waals surface area contributed by atoms with Crippen LogP contribution in [0.2, 0.25) is 0 Å². The summed E-state index contributed by atoms with van der Waals surface area (Å²) in [5, 5.41) is 76.5. The number of hydrogen-bond acceptors (Lipinski definition) is 19. The van der Waals surface area contributed by atoms with Crippen LogP contribution in [0.4, 0.5) is 4.79 Å². The number of hydrogen-bond donors (Lipinski definition) is 16. The van der Waals surface area contributed by atoms with E-state index in [1.54, 1.807) is 56.0 Å². The molecule has 544 valence electrons. The average molecular weight is 1500 g/mol. The van der Waals surface area contributed by atoms with Gasteiger partial charge < -0.3 is 85.1 Å². The van der Waals surface area contributed by atoms with Crippen LogP contribution in [0.25, 0.3) is 0 Å². The van der Waals surface area contributed by atoms with Crippen molar-refractivity contribution in [1.82, 2.24) is 56.8 Å². The number of carbonyl (C=O) groups excluding carboxylic acids is 9. The Kier molecular flexibility index (Phi) is 38.9. The highest BCUT2D eigenvalue weighted by molar-refractivity contribution is 14.1. The van der Waals surface area contributed by atoms with Crippen LogP contribution in [0.5, 0.6) is 5.75 Å². The lowest BCUT2D eigenvalue weighted by Gasteiger charge is -2.35. The van der Waals surface area contributed by atoms with Gasteiger partial charge in [-0.2, -0.15) is 0 Å². The SMILES string of the molecule is NC(=O)CN1CCN(CC(N)=O)CCN([C@H](CCC(=O)NC(Cc2ccc(O)c(I)c2)C(=O)N[C@H](Cc2ccccc2)C(=O)N[C@H](CCCCNC(=O)CCCCCCC(=O)NCCCC[C@H](NC(=O)N[C@@H](CCC(=O)O)C(=O)O)C(=O)O)C(=O)O)C(=O)O)CCN(CC(N)=O)CC1. The molecule has 2 aromatic rings. The van der Waals surface area contributed by atoms with Crippen molar-refractivity contribution < 1.29 is 97.8 Å². The predicted octanol–water partition coefficient (Wildman–Crippen LogP) is -1.78. The Morgan fingerprint density at radius 3 is 1.30 bits per heavy atom. The van der Waals surface area contributed by atoms with Gasteiger partial charge in [0.2, 0.25) is 47.3 Å². The minimum atomic E-state index is -1.54. The zero-order chi connectivity index (χ0) is 72.7. The molecule has 1 aliphatic heterocycles. The summed E-state index contributed by atoms with van der Waals surface area (Å²) >= 11 is 1.89. The molecule has 3 rings (SSSR count). The maximum Gasteiger partial charge on any atom is 0.326 e. The Morgan fingerprint density at radius 1 is 0.429 bits per heavy atom. The number of urea groups is 1. The number of aromatic hydroxyl groups is 1. The van der Waals surface area contributed by atoms with Gasteiger partial charge in [-0.15, -0.1) is 0 Å². The van der Waals surface area contributed by atoms with Crippen molar-refractivity contribution in [3.63, 3.8) is 0 Å². The maximum absolute atomic E-state index is 14.5. The molecule has 1 saturated heterocycles. The number of carboxylic acid groups (broad SMARTS) is 5. The molecule has 0 spiro atoms. The molecule has 10 amide bonds. The number of nitrogens with one attached hydrogen (secondary N) is 7. The lowest BCUT2D eigenvalue weighted by molar-refractivity contribution is -0.145. The van der Waals surface area contributed by atoms with Gasteiger partial charge in [-0.1, -0.05) is 49.2 Å². The van der Waals surface area contributed by atoms with E-state index in [4.69, 9.17) is 22.3 Å². The molecule has 1 heterocycles. The molecule has 35 heteroatoms. The van der Waals surface area contributed by atoms with Gasteiger partial charge in [-0.25, -0.2) is 19.2 Å². The Labute approximate surface area is 580 Å². The number of aliphatic carboxylic acids is 5. The van der Waals surface area contributed by atoms with Crippen LogP contribution in [0, 0.1) is 3.57 Å². The first-order valence-electron chi connectivity index (χ1n) is 32.4. The third-order valence-electron chi connectivity index (χ3n) is 15.9. The lowest BCUT2D eigenvalue weighted by Crippen LogP contribution is -2.57. The first-order valence-corrected chi connectivity index (χ1v) is 33.5. The summed E-state index contributed by atoms with van der Waals surface area (Å²) in [6, 6.07) is 3.51.